The van der Waals surface area contributed by atoms with Crippen LogP contribution in [-0.4, -0.2) is 4.98 Å². The first kappa shape index (κ1) is 13.0. The van der Waals surface area contributed by atoms with E-state index >= 15 is 0 Å². The van der Waals surface area contributed by atoms with Crippen LogP contribution in [-0.2, 0) is 6.54 Å². The smallest absolute Gasteiger partial charge is 0.223 e. The molecule has 1 aromatic heterocycles. The summed E-state index contributed by atoms with van der Waals surface area (Å²) in [6.45, 7) is 1.95. The molecule has 94 valence electrons. The molecule has 0 spiro atoms. The lowest BCUT2D eigenvalue weighted by Gasteiger charge is -2.10. The maximum atomic E-state index is 13.8. The van der Waals surface area contributed by atoms with Gasteiger partial charge >= 0.3 is 0 Å². The van der Waals surface area contributed by atoms with Gasteiger partial charge in [0.2, 0.25) is 5.88 Å². The van der Waals surface area contributed by atoms with Gasteiger partial charge in [0.05, 0.1) is 0 Å². The molecule has 0 unspecified atom stereocenters. The number of ether oxygens (including phenoxy) is 1. The van der Waals surface area contributed by atoms with E-state index in [1.807, 2.05) is 0 Å². The summed E-state index contributed by atoms with van der Waals surface area (Å²) in [7, 11) is 0. The van der Waals surface area contributed by atoms with E-state index in [4.69, 9.17) is 10.5 Å². The first-order valence-electron chi connectivity index (χ1n) is 5.39. The molecule has 2 rings (SSSR count). The molecular formula is C13H12BrFN2O. The fourth-order valence-electron chi connectivity index (χ4n) is 1.51. The molecule has 0 atom stereocenters. The minimum absolute atomic E-state index is 0.152. The van der Waals surface area contributed by atoms with Crippen molar-refractivity contribution < 1.29 is 9.13 Å². The lowest BCUT2D eigenvalue weighted by Crippen LogP contribution is -2.02. The Morgan fingerprint density at radius 2 is 2.22 bits per heavy atom. The standard InChI is InChI=1S/C13H12BrFN2O/c1-8-3-2-4-11(12(8)15)18-13-9(6-16)5-10(14)7-17-13/h2-5,7H,6,16H2,1H3. The lowest BCUT2D eigenvalue weighted by molar-refractivity contribution is 0.420. The van der Waals surface area contributed by atoms with Crippen molar-refractivity contribution in [2.75, 3.05) is 0 Å². The molecule has 0 saturated carbocycles. The predicted molar refractivity (Wildman–Crippen MR) is 71.0 cm³/mol. The maximum Gasteiger partial charge on any atom is 0.223 e. The number of rotatable bonds is 3. The van der Waals surface area contributed by atoms with Crippen molar-refractivity contribution in [2.24, 2.45) is 5.73 Å². The Morgan fingerprint density at radius 3 is 2.94 bits per heavy atom. The monoisotopic (exact) mass is 310 g/mol. The highest BCUT2D eigenvalue weighted by atomic mass is 79.9. The van der Waals surface area contributed by atoms with Gasteiger partial charge in [0.25, 0.3) is 0 Å². The number of hydrogen-bond donors (Lipinski definition) is 1. The molecule has 5 heteroatoms. The molecule has 0 saturated heterocycles. The normalized spacial score (nSPS) is 10.4. The van der Waals surface area contributed by atoms with Gasteiger partial charge in [-0.2, -0.15) is 0 Å². The molecule has 0 amide bonds. The number of nitrogens with zero attached hydrogens (tertiary/aromatic N) is 1. The van der Waals surface area contributed by atoms with Gasteiger partial charge in [-0.25, -0.2) is 9.37 Å². The Balaban J connectivity index is 2.37. The first-order valence-corrected chi connectivity index (χ1v) is 6.18. The van der Waals surface area contributed by atoms with Crippen LogP contribution in [0.25, 0.3) is 0 Å². The Kier molecular flexibility index (Phi) is 3.93. The van der Waals surface area contributed by atoms with Crippen LogP contribution in [0.5, 0.6) is 11.6 Å². The van der Waals surface area contributed by atoms with Gasteiger partial charge < -0.3 is 10.5 Å². The van der Waals surface area contributed by atoms with E-state index in [2.05, 4.69) is 20.9 Å². The largest absolute Gasteiger partial charge is 0.436 e. The quantitative estimate of drug-likeness (QED) is 0.943. The fraction of sp³-hybridized carbons (Fsp3) is 0.154. The van der Waals surface area contributed by atoms with Crippen LogP contribution in [0, 0.1) is 12.7 Å². The zero-order chi connectivity index (χ0) is 13.1. The van der Waals surface area contributed by atoms with Crippen molar-refractivity contribution in [2.45, 2.75) is 13.5 Å². The average Bonchev–Trinajstić information content (AvgIpc) is 2.37. The minimum Gasteiger partial charge on any atom is -0.436 e. The third-order valence-corrected chi connectivity index (χ3v) is 2.91. The Morgan fingerprint density at radius 1 is 1.44 bits per heavy atom. The van der Waals surface area contributed by atoms with Gasteiger partial charge in [-0.3, -0.25) is 0 Å². The summed E-state index contributed by atoms with van der Waals surface area (Å²) in [6, 6.07) is 6.78. The predicted octanol–water partition coefficient (Wildman–Crippen LogP) is 3.54. The number of aromatic nitrogens is 1. The molecule has 3 nitrogen and oxygen atoms in total. The molecule has 0 bridgehead atoms. The van der Waals surface area contributed by atoms with Crippen molar-refractivity contribution in [3.8, 4) is 11.6 Å². The highest BCUT2D eigenvalue weighted by Gasteiger charge is 2.11. The van der Waals surface area contributed by atoms with Crippen LogP contribution in [0.3, 0.4) is 0 Å². The van der Waals surface area contributed by atoms with Crippen molar-refractivity contribution >= 4 is 15.9 Å². The van der Waals surface area contributed by atoms with Crippen molar-refractivity contribution in [3.63, 3.8) is 0 Å². The number of aryl methyl sites for hydroxylation is 1. The summed E-state index contributed by atoms with van der Waals surface area (Å²) in [6.07, 6.45) is 1.59. The Hall–Kier alpha value is -1.46. The molecule has 2 N–H and O–H groups in total. The molecule has 1 heterocycles. The summed E-state index contributed by atoms with van der Waals surface area (Å²) < 4.78 is 20.1. The van der Waals surface area contributed by atoms with E-state index < -0.39 is 0 Å². The van der Waals surface area contributed by atoms with Crippen LogP contribution >= 0.6 is 15.9 Å². The van der Waals surface area contributed by atoms with Gasteiger partial charge in [0.15, 0.2) is 11.6 Å². The molecular weight excluding hydrogens is 299 g/mol. The highest BCUT2D eigenvalue weighted by molar-refractivity contribution is 9.10. The summed E-state index contributed by atoms with van der Waals surface area (Å²) in [4.78, 5) is 4.10. The van der Waals surface area contributed by atoms with Gasteiger partial charge in [0.1, 0.15) is 0 Å². The zero-order valence-electron chi connectivity index (χ0n) is 9.78. The molecule has 0 fully saturated rings. The Bertz CT molecular complexity index is 575. The maximum absolute atomic E-state index is 13.8. The topological polar surface area (TPSA) is 48.1 Å². The van der Waals surface area contributed by atoms with E-state index in [-0.39, 0.29) is 18.1 Å². The summed E-state index contributed by atoms with van der Waals surface area (Å²) in [5, 5.41) is 0. The van der Waals surface area contributed by atoms with Crippen molar-refractivity contribution in [3.05, 3.63) is 51.9 Å². The second-order valence-corrected chi connectivity index (χ2v) is 4.73. The van der Waals surface area contributed by atoms with Crippen LogP contribution in [0.1, 0.15) is 11.1 Å². The van der Waals surface area contributed by atoms with Gasteiger partial charge in [-0.05, 0) is 40.5 Å². The minimum atomic E-state index is -0.384. The molecule has 0 radical (unpaired) electrons. The highest BCUT2D eigenvalue weighted by Crippen LogP contribution is 2.28. The van der Waals surface area contributed by atoms with Gasteiger partial charge in [-0.1, -0.05) is 12.1 Å². The third kappa shape index (κ3) is 2.68. The molecule has 0 aliphatic heterocycles. The van der Waals surface area contributed by atoms with Crippen LogP contribution in [0.15, 0.2) is 34.9 Å². The summed E-state index contributed by atoms with van der Waals surface area (Å²) in [5.41, 5.74) is 6.85. The molecule has 18 heavy (non-hydrogen) atoms. The second-order valence-electron chi connectivity index (χ2n) is 3.81. The van der Waals surface area contributed by atoms with Gasteiger partial charge in [0, 0.05) is 22.8 Å². The first-order chi connectivity index (χ1) is 8.61. The molecule has 0 aliphatic rings. The number of pyridine rings is 1. The molecule has 0 aliphatic carbocycles. The van der Waals surface area contributed by atoms with E-state index in [9.17, 15) is 4.39 Å². The van der Waals surface area contributed by atoms with E-state index in [1.54, 1.807) is 37.4 Å². The van der Waals surface area contributed by atoms with Crippen LogP contribution in [0.2, 0.25) is 0 Å². The number of nitrogens with two attached hydrogens (primary N) is 1. The second kappa shape index (κ2) is 5.46. The van der Waals surface area contributed by atoms with Gasteiger partial charge in [-0.15, -0.1) is 0 Å². The SMILES string of the molecule is Cc1cccc(Oc2ncc(Br)cc2CN)c1F. The third-order valence-electron chi connectivity index (χ3n) is 2.47. The molecule has 1 aromatic carbocycles. The number of hydrogen-bond acceptors (Lipinski definition) is 3. The van der Waals surface area contributed by atoms with Crippen molar-refractivity contribution in [1.29, 1.82) is 0 Å². The summed E-state index contributed by atoms with van der Waals surface area (Å²) in [5.74, 6) is 0.0925. The average molecular weight is 311 g/mol. The van der Waals surface area contributed by atoms with E-state index in [0.717, 1.165) is 4.47 Å². The fourth-order valence-corrected chi connectivity index (χ4v) is 1.89. The summed E-state index contributed by atoms with van der Waals surface area (Å²) >= 11 is 3.30. The molecule has 2 aromatic rings. The Labute approximate surface area is 113 Å². The van der Waals surface area contributed by atoms with Crippen LogP contribution in [0.4, 0.5) is 4.39 Å². The van der Waals surface area contributed by atoms with Crippen LogP contribution < -0.4 is 10.5 Å². The number of benzene rings is 1. The van der Waals surface area contributed by atoms with E-state index in [1.165, 1.54) is 0 Å². The van der Waals surface area contributed by atoms with Crippen molar-refractivity contribution in [1.82, 2.24) is 4.98 Å². The van der Waals surface area contributed by atoms with E-state index in [0.29, 0.717) is 17.0 Å². The zero-order valence-corrected chi connectivity index (χ0v) is 11.4. The number of halogens is 2. The lowest BCUT2D eigenvalue weighted by atomic mass is 10.2.